The number of nitrogens with zero attached hydrogens (tertiary/aromatic N) is 1. The van der Waals surface area contributed by atoms with Crippen molar-refractivity contribution in [3.05, 3.63) is 29.3 Å². The maximum atomic E-state index is 12.3. The third-order valence-electron chi connectivity index (χ3n) is 4.76. The maximum absolute atomic E-state index is 12.3. The molecule has 1 aromatic rings. The van der Waals surface area contributed by atoms with Gasteiger partial charge >= 0.3 is 5.97 Å². The number of likely N-dealkylation sites (tertiary alicyclic amines) is 1. The zero-order valence-corrected chi connectivity index (χ0v) is 18.0. The van der Waals surface area contributed by atoms with Gasteiger partial charge in [0.1, 0.15) is 4.32 Å². The van der Waals surface area contributed by atoms with E-state index in [1.165, 1.54) is 11.8 Å². The topological polar surface area (TPSA) is 58.6 Å². The summed E-state index contributed by atoms with van der Waals surface area (Å²) in [6.07, 6.45) is 1.39. The van der Waals surface area contributed by atoms with Crippen LogP contribution in [0.4, 0.5) is 5.69 Å². The Labute approximate surface area is 171 Å². The summed E-state index contributed by atoms with van der Waals surface area (Å²) in [5.41, 5.74) is 2.71. The van der Waals surface area contributed by atoms with Gasteiger partial charge in [-0.25, -0.2) is 0 Å². The Bertz CT molecular complexity index is 680. The van der Waals surface area contributed by atoms with Gasteiger partial charge in [0.2, 0.25) is 0 Å². The van der Waals surface area contributed by atoms with Gasteiger partial charge in [0.25, 0.3) is 5.91 Å². The number of thiocarbonyl (C=S) groups is 1. The fourth-order valence-electron chi connectivity index (χ4n) is 2.92. The normalized spacial score (nSPS) is 15.9. The lowest BCUT2D eigenvalue weighted by Gasteiger charge is -2.31. The highest BCUT2D eigenvalue weighted by Crippen LogP contribution is 2.21. The van der Waals surface area contributed by atoms with Crippen LogP contribution in [0.1, 0.15) is 37.8 Å². The molecule has 0 radical (unpaired) electrons. The van der Waals surface area contributed by atoms with Crippen LogP contribution in [-0.2, 0) is 14.3 Å². The molecule has 0 aliphatic carbocycles. The second-order valence-corrected chi connectivity index (χ2v) is 8.72. The van der Waals surface area contributed by atoms with Crippen LogP contribution in [0.2, 0.25) is 0 Å². The molecule has 0 bridgehead atoms. The average molecular weight is 409 g/mol. The van der Waals surface area contributed by atoms with Gasteiger partial charge in [0.05, 0.1) is 5.75 Å². The number of esters is 1. The number of rotatable bonds is 5. The van der Waals surface area contributed by atoms with E-state index in [0.717, 1.165) is 53.0 Å². The van der Waals surface area contributed by atoms with E-state index in [9.17, 15) is 9.59 Å². The fraction of sp³-hybridized carbons (Fsp3) is 0.550. The number of amides is 1. The van der Waals surface area contributed by atoms with Crippen LogP contribution in [0, 0.1) is 19.8 Å². The standard InChI is InChI=1S/C20H28N2O3S2/c1-13-8-10-22(11-9-13)20(26)27-12-17(23)25-16(4)19(24)21-18-14(2)6-5-7-15(18)3/h5-7,13,16H,8-12H2,1-4H3,(H,21,24)/t16-/m0/s1. The Morgan fingerprint density at radius 1 is 1.30 bits per heavy atom. The first-order chi connectivity index (χ1) is 12.8. The van der Waals surface area contributed by atoms with Gasteiger partial charge in [-0.05, 0) is 50.7 Å². The lowest BCUT2D eigenvalue weighted by atomic mass is 10.00. The third-order valence-corrected chi connectivity index (χ3v) is 6.26. The predicted octanol–water partition coefficient (Wildman–Crippen LogP) is 3.92. The number of benzene rings is 1. The monoisotopic (exact) mass is 408 g/mol. The van der Waals surface area contributed by atoms with Gasteiger partial charge in [-0.15, -0.1) is 0 Å². The highest BCUT2D eigenvalue weighted by molar-refractivity contribution is 8.23. The molecule has 1 N–H and O–H groups in total. The molecule has 1 saturated heterocycles. The third kappa shape index (κ3) is 6.50. The molecule has 1 amide bonds. The van der Waals surface area contributed by atoms with Crippen LogP contribution in [-0.4, -0.2) is 46.0 Å². The molecule has 5 nitrogen and oxygen atoms in total. The van der Waals surface area contributed by atoms with E-state index >= 15 is 0 Å². The Morgan fingerprint density at radius 3 is 2.48 bits per heavy atom. The lowest BCUT2D eigenvalue weighted by molar-refractivity contribution is -0.150. The Morgan fingerprint density at radius 2 is 1.89 bits per heavy atom. The van der Waals surface area contributed by atoms with E-state index in [2.05, 4.69) is 17.1 Å². The van der Waals surface area contributed by atoms with E-state index < -0.39 is 12.1 Å². The number of carbonyl (C=O) groups excluding carboxylic acids is 2. The molecular weight excluding hydrogens is 380 g/mol. The van der Waals surface area contributed by atoms with E-state index in [-0.39, 0.29) is 11.7 Å². The highest BCUT2D eigenvalue weighted by Gasteiger charge is 2.22. The summed E-state index contributed by atoms with van der Waals surface area (Å²) in [4.78, 5) is 26.6. The molecule has 0 spiro atoms. The van der Waals surface area contributed by atoms with Gasteiger partial charge < -0.3 is 15.0 Å². The van der Waals surface area contributed by atoms with Crippen LogP contribution in [0.25, 0.3) is 0 Å². The van der Waals surface area contributed by atoms with Crippen molar-refractivity contribution in [2.24, 2.45) is 5.92 Å². The zero-order chi connectivity index (χ0) is 20.0. The Hall–Kier alpha value is -1.60. The number of hydrogen-bond donors (Lipinski definition) is 1. The van der Waals surface area contributed by atoms with Gasteiger partial charge in [0, 0.05) is 18.8 Å². The molecule has 1 aromatic carbocycles. The van der Waals surface area contributed by atoms with Crippen LogP contribution < -0.4 is 5.32 Å². The van der Waals surface area contributed by atoms with E-state index in [4.69, 9.17) is 17.0 Å². The first kappa shape index (κ1) is 21.7. The number of aryl methyl sites for hydroxylation is 2. The Balaban J connectivity index is 1.77. The largest absolute Gasteiger partial charge is 0.452 e. The summed E-state index contributed by atoms with van der Waals surface area (Å²) >= 11 is 6.72. The fourth-order valence-corrected chi connectivity index (χ4v) is 3.96. The summed E-state index contributed by atoms with van der Waals surface area (Å²) < 4.78 is 6.00. The summed E-state index contributed by atoms with van der Waals surface area (Å²) in [5, 5.41) is 2.85. The lowest BCUT2D eigenvalue weighted by Crippen LogP contribution is -2.36. The van der Waals surface area contributed by atoms with Crippen molar-refractivity contribution in [3.8, 4) is 0 Å². The molecule has 7 heteroatoms. The quantitative estimate of drug-likeness (QED) is 0.589. The molecule has 2 rings (SSSR count). The van der Waals surface area contributed by atoms with Gasteiger partial charge in [-0.2, -0.15) is 0 Å². The predicted molar refractivity (Wildman–Crippen MR) is 115 cm³/mol. The molecule has 0 unspecified atom stereocenters. The summed E-state index contributed by atoms with van der Waals surface area (Å²) in [6, 6.07) is 5.79. The number of anilines is 1. The highest BCUT2D eigenvalue weighted by atomic mass is 32.2. The number of carbonyl (C=O) groups is 2. The van der Waals surface area contributed by atoms with E-state index in [1.54, 1.807) is 6.92 Å². The molecular formula is C20H28N2O3S2. The van der Waals surface area contributed by atoms with Gasteiger partial charge in [-0.1, -0.05) is 49.1 Å². The summed E-state index contributed by atoms with van der Waals surface area (Å²) in [5.74, 6) is 0.0804. The van der Waals surface area contributed by atoms with E-state index in [0.29, 0.717) is 0 Å². The minimum Gasteiger partial charge on any atom is -0.452 e. The number of nitrogens with one attached hydrogen (secondary N) is 1. The van der Waals surface area contributed by atoms with Crippen LogP contribution in [0.3, 0.4) is 0 Å². The average Bonchev–Trinajstić information content (AvgIpc) is 2.63. The maximum Gasteiger partial charge on any atom is 0.317 e. The number of para-hydroxylation sites is 1. The smallest absolute Gasteiger partial charge is 0.317 e. The van der Waals surface area contributed by atoms with Crippen LogP contribution in [0.5, 0.6) is 0 Å². The molecule has 1 aliphatic heterocycles. The molecule has 1 heterocycles. The van der Waals surface area contributed by atoms with Crippen molar-refractivity contribution in [1.82, 2.24) is 4.90 Å². The van der Waals surface area contributed by atoms with Gasteiger partial charge in [-0.3, -0.25) is 9.59 Å². The number of hydrogen-bond acceptors (Lipinski definition) is 5. The zero-order valence-electron chi connectivity index (χ0n) is 16.4. The van der Waals surface area contributed by atoms with Crippen molar-refractivity contribution >= 4 is 45.9 Å². The SMILES string of the molecule is Cc1cccc(C)c1NC(=O)[C@H](C)OC(=O)CSC(=S)N1CCC(C)CC1. The molecule has 1 aliphatic rings. The molecule has 0 aromatic heterocycles. The first-order valence-electron chi connectivity index (χ1n) is 9.26. The van der Waals surface area contributed by atoms with Crippen molar-refractivity contribution < 1.29 is 14.3 Å². The molecule has 1 atom stereocenters. The minimum atomic E-state index is -0.860. The molecule has 27 heavy (non-hydrogen) atoms. The summed E-state index contributed by atoms with van der Waals surface area (Å²) in [6.45, 7) is 9.56. The minimum absolute atomic E-state index is 0.117. The van der Waals surface area contributed by atoms with Crippen molar-refractivity contribution in [1.29, 1.82) is 0 Å². The van der Waals surface area contributed by atoms with Crippen LogP contribution in [0.15, 0.2) is 18.2 Å². The van der Waals surface area contributed by atoms with Crippen molar-refractivity contribution in [2.75, 3.05) is 24.2 Å². The Kier molecular flexibility index (Phi) is 8.10. The second-order valence-electron chi connectivity index (χ2n) is 7.11. The number of ether oxygens (including phenoxy) is 1. The van der Waals surface area contributed by atoms with E-state index in [1.807, 2.05) is 32.0 Å². The number of piperidine rings is 1. The first-order valence-corrected chi connectivity index (χ1v) is 10.7. The summed E-state index contributed by atoms with van der Waals surface area (Å²) in [7, 11) is 0. The van der Waals surface area contributed by atoms with Crippen molar-refractivity contribution in [3.63, 3.8) is 0 Å². The molecule has 1 fully saturated rings. The van der Waals surface area contributed by atoms with Gasteiger partial charge in [0.15, 0.2) is 6.10 Å². The molecule has 148 valence electrons. The molecule has 0 saturated carbocycles. The number of thioether (sulfide) groups is 1. The van der Waals surface area contributed by atoms with Crippen molar-refractivity contribution in [2.45, 2.75) is 46.6 Å². The second kappa shape index (κ2) is 10.1. The van der Waals surface area contributed by atoms with Crippen LogP contribution >= 0.6 is 24.0 Å².